The molecule has 48 heavy (non-hydrogen) atoms. The van der Waals surface area contributed by atoms with Gasteiger partial charge in [0.2, 0.25) is 0 Å². The van der Waals surface area contributed by atoms with Gasteiger partial charge in [-0.3, -0.25) is 0 Å². The lowest BCUT2D eigenvalue weighted by molar-refractivity contribution is 0.597. The number of hydrogen-bond acceptors (Lipinski definition) is 2. The van der Waals surface area contributed by atoms with Crippen molar-refractivity contribution in [1.82, 2.24) is 0 Å². The Balaban J connectivity index is 1.15. The molecule has 3 aliphatic rings. The molecule has 0 bridgehead atoms. The molecule has 2 aliphatic heterocycles. The van der Waals surface area contributed by atoms with Gasteiger partial charge in [0.05, 0.1) is 22.7 Å². The van der Waals surface area contributed by atoms with Crippen molar-refractivity contribution in [3.05, 3.63) is 173 Å². The van der Waals surface area contributed by atoms with Crippen molar-refractivity contribution in [3.8, 4) is 11.1 Å². The van der Waals surface area contributed by atoms with Crippen LogP contribution in [0.15, 0.2) is 140 Å². The van der Waals surface area contributed by atoms with Gasteiger partial charge in [-0.2, -0.15) is 0 Å². The molecule has 0 atom stereocenters. The summed E-state index contributed by atoms with van der Waals surface area (Å²) in [6.07, 6.45) is 6.79. The number of allylic oxidation sites excluding steroid dienone is 1. The van der Waals surface area contributed by atoms with Crippen molar-refractivity contribution in [2.75, 3.05) is 9.80 Å². The third kappa shape index (κ3) is 4.18. The first-order chi connectivity index (χ1) is 23.3. The molecule has 0 aromatic heterocycles. The highest BCUT2D eigenvalue weighted by molar-refractivity contribution is 5.93. The number of hydrogen-bond donors (Lipinski definition) is 0. The topological polar surface area (TPSA) is 6.48 Å². The summed E-state index contributed by atoms with van der Waals surface area (Å²) in [6, 6.07) is 49.6. The molecule has 0 saturated heterocycles. The molecule has 9 rings (SSSR count). The van der Waals surface area contributed by atoms with Gasteiger partial charge in [0.25, 0.3) is 0 Å². The molecule has 0 unspecified atom stereocenters. The normalized spacial score (nSPS) is 16.0. The lowest BCUT2D eigenvalue weighted by Gasteiger charge is -2.49. The summed E-state index contributed by atoms with van der Waals surface area (Å²) >= 11 is 0. The van der Waals surface area contributed by atoms with E-state index in [4.69, 9.17) is 0 Å². The standard InChI is InChI=1S/C46H40N2/c1-45(2)37-19-10-11-22-42(37)48-43-29-26-33(30-40(43)46(3,4)39-21-13-20-38(45)44(39)48)31-24-27-35(28-25-31)47(34-16-6-5-7-17-34)41-23-12-15-32-14-8-9-18-36(32)41/h5-7,9-13,15-30H,8,14H2,1-4H3. The Kier molecular flexibility index (Phi) is 6.36. The van der Waals surface area contributed by atoms with Crippen LogP contribution in [0.5, 0.6) is 0 Å². The number of nitrogens with zero attached hydrogens (tertiary/aromatic N) is 2. The molecule has 1 aliphatic carbocycles. The predicted octanol–water partition coefficient (Wildman–Crippen LogP) is 12.5. The van der Waals surface area contributed by atoms with Gasteiger partial charge in [-0.15, -0.1) is 0 Å². The fraction of sp³-hybridized carbons (Fsp3) is 0.174. The van der Waals surface area contributed by atoms with E-state index in [1.165, 1.54) is 67.3 Å². The summed E-state index contributed by atoms with van der Waals surface area (Å²) < 4.78 is 0. The second kappa shape index (κ2) is 10.6. The molecule has 6 aromatic carbocycles. The zero-order valence-corrected chi connectivity index (χ0v) is 28.2. The monoisotopic (exact) mass is 620 g/mol. The first kappa shape index (κ1) is 28.8. The van der Waals surface area contributed by atoms with Crippen LogP contribution in [0.2, 0.25) is 0 Å². The van der Waals surface area contributed by atoms with E-state index < -0.39 is 0 Å². The molecule has 0 radical (unpaired) electrons. The van der Waals surface area contributed by atoms with E-state index in [9.17, 15) is 0 Å². The van der Waals surface area contributed by atoms with Crippen LogP contribution < -0.4 is 9.80 Å². The van der Waals surface area contributed by atoms with E-state index in [0.717, 1.165) is 24.2 Å². The number of benzene rings is 6. The van der Waals surface area contributed by atoms with Crippen LogP contribution in [0, 0.1) is 0 Å². The summed E-state index contributed by atoms with van der Waals surface area (Å²) in [6.45, 7) is 9.53. The van der Waals surface area contributed by atoms with Crippen LogP contribution in [0.25, 0.3) is 17.2 Å². The number of para-hydroxylation sites is 3. The van der Waals surface area contributed by atoms with Gasteiger partial charge in [0.1, 0.15) is 0 Å². The van der Waals surface area contributed by atoms with Crippen molar-refractivity contribution in [2.45, 2.75) is 51.4 Å². The van der Waals surface area contributed by atoms with Gasteiger partial charge >= 0.3 is 0 Å². The van der Waals surface area contributed by atoms with Gasteiger partial charge in [-0.05, 0) is 100 Å². The molecule has 0 fully saturated rings. The quantitative estimate of drug-likeness (QED) is 0.193. The van der Waals surface area contributed by atoms with Crippen molar-refractivity contribution in [3.63, 3.8) is 0 Å². The Labute approximate surface area is 284 Å². The van der Waals surface area contributed by atoms with Gasteiger partial charge in [-0.1, -0.05) is 125 Å². The highest BCUT2D eigenvalue weighted by atomic mass is 15.2. The van der Waals surface area contributed by atoms with Gasteiger partial charge < -0.3 is 9.80 Å². The second-order valence-corrected chi connectivity index (χ2v) is 14.5. The minimum absolute atomic E-state index is 0.0727. The maximum Gasteiger partial charge on any atom is 0.0543 e. The maximum atomic E-state index is 2.53. The number of fused-ring (bicyclic) bond motifs is 5. The Hall–Kier alpha value is -5.34. The fourth-order valence-corrected chi connectivity index (χ4v) is 8.51. The molecule has 0 saturated carbocycles. The van der Waals surface area contributed by atoms with Crippen LogP contribution in [0.1, 0.15) is 67.5 Å². The lowest BCUT2D eigenvalue weighted by Crippen LogP contribution is -2.38. The van der Waals surface area contributed by atoms with Crippen LogP contribution in [-0.4, -0.2) is 0 Å². The SMILES string of the molecule is CC1(C)c2ccccc2N2c3ccc(-c4ccc(N(c5ccccc5)c5cccc6c5C=CCC6)cc4)cc3C(C)(C)c3cccc1c32. The number of rotatable bonds is 4. The molecule has 2 nitrogen and oxygen atoms in total. The van der Waals surface area contributed by atoms with E-state index in [-0.39, 0.29) is 10.8 Å². The fourth-order valence-electron chi connectivity index (χ4n) is 8.51. The number of anilines is 6. The first-order valence-corrected chi connectivity index (χ1v) is 17.3. The predicted molar refractivity (Wildman–Crippen MR) is 203 cm³/mol. The third-order valence-corrected chi connectivity index (χ3v) is 11.1. The average molecular weight is 621 g/mol. The van der Waals surface area contributed by atoms with E-state index in [1.54, 1.807) is 0 Å². The Morgan fingerprint density at radius 2 is 1.17 bits per heavy atom. The minimum atomic E-state index is -0.153. The first-order valence-electron chi connectivity index (χ1n) is 17.3. The van der Waals surface area contributed by atoms with E-state index in [1.807, 2.05) is 0 Å². The summed E-state index contributed by atoms with van der Waals surface area (Å²) in [5, 5.41) is 0. The molecular formula is C46H40N2. The summed E-state index contributed by atoms with van der Waals surface area (Å²) in [4.78, 5) is 4.93. The summed E-state index contributed by atoms with van der Waals surface area (Å²) in [5.74, 6) is 0. The Bertz CT molecular complexity index is 2240. The van der Waals surface area contributed by atoms with Crippen molar-refractivity contribution < 1.29 is 0 Å². The highest BCUT2D eigenvalue weighted by Gasteiger charge is 2.45. The molecule has 0 amide bonds. The number of aryl methyl sites for hydroxylation is 1. The van der Waals surface area contributed by atoms with Gasteiger partial charge in [-0.25, -0.2) is 0 Å². The van der Waals surface area contributed by atoms with Gasteiger partial charge in [0.15, 0.2) is 0 Å². The lowest BCUT2D eigenvalue weighted by atomic mass is 9.66. The van der Waals surface area contributed by atoms with Crippen LogP contribution in [-0.2, 0) is 17.3 Å². The Morgan fingerprint density at radius 3 is 1.96 bits per heavy atom. The smallest absolute Gasteiger partial charge is 0.0543 e. The molecule has 0 spiro atoms. The molecule has 2 heteroatoms. The molecule has 2 heterocycles. The highest BCUT2D eigenvalue weighted by Crippen LogP contribution is 2.60. The molecular weight excluding hydrogens is 581 g/mol. The van der Waals surface area contributed by atoms with Crippen molar-refractivity contribution >= 4 is 40.2 Å². The third-order valence-electron chi connectivity index (χ3n) is 11.1. The molecule has 6 aromatic rings. The molecule has 234 valence electrons. The zero-order chi connectivity index (χ0) is 32.6. The minimum Gasteiger partial charge on any atom is -0.310 e. The summed E-state index contributed by atoms with van der Waals surface area (Å²) in [5.41, 5.74) is 18.0. The summed E-state index contributed by atoms with van der Waals surface area (Å²) in [7, 11) is 0. The van der Waals surface area contributed by atoms with Crippen LogP contribution in [0.3, 0.4) is 0 Å². The largest absolute Gasteiger partial charge is 0.310 e. The van der Waals surface area contributed by atoms with Crippen molar-refractivity contribution in [1.29, 1.82) is 0 Å². The van der Waals surface area contributed by atoms with Gasteiger partial charge in [0, 0.05) is 27.8 Å². The van der Waals surface area contributed by atoms with Crippen LogP contribution >= 0.6 is 0 Å². The van der Waals surface area contributed by atoms with E-state index in [2.05, 4.69) is 183 Å². The Morgan fingerprint density at radius 1 is 0.542 bits per heavy atom. The molecule has 0 N–H and O–H groups in total. The van der Waals surface area contributed by atoms with E-state index >= 15 is 0 Å². The second-order valence-electron chi connectivity index (χ2n) is 14.5. The average Bonchev–Trinajstić information content (AvgIpc) is 3.12. The van der Waals surface area contributed by atoms with Crippen LogP contribution in [0.4, 0.5) is 34.1 Å². The van der Waals surface area contributed by atoms with Crippen molar-refractivity contribution in [2.24, 2.45) is 0 Å². The van der Waals surface area contributed by atoms with E-state index in [0.29, 0.717) is 0 Å². The zero-order valence-electron chi connectivity index (χ0n) is 28.2. The maximum absolute atomic E-state index is 2.53.